The summed E-state index contributed by atoms with van der Waals surface area (Å²) in [5.41, 5.74) is 0. The fourth-order valence-electron chi connectivity index (χ4n) is 0. The van der Waals surface area contributed by atoms with Crippen LogP contribution >= 0.6 is 10.1 Å². The molecule has 0 aromatic carbocycles. The molecule has 0 spiro atoms. The fraction of sp³-hybridized carbons (Fsp3) is 0. The molecular formula is H10ClCoN4O-2. The molecule has 0 aliphatic rings. The van der Waals surface area contributed by atoms with Crippen LogP contribution in [0.1, 0.15) is 0 Å². The zero-order chi connectivity index (χ0) is 2.00. The van der Waals surface area contributed by atoms with E-state index in [1.165, 1.54) is 0 Å². The molecule has 0 atom stereocenters. The van der Waals surface area contributed by atoms with Crippen LogP contribution in [0.4, 0.5) is 0 Å². The molecule has 10 N–H and O–H groups in total. The molecule has 0 aliphatic carbocycles. The maximum absolute atomic E-state index is 4.33. The Labute approximate surface area is 55.7 Å². The normalized spacial score (nSPS) is 0.857. The van der Waals surface area contributed by atoms with Crippen molar-refractivity contribution >= 4 is 10.1 Å². The van der Waals surface area contributed by atoms with Crippen molar-refractivity contribution in [2.75, 3.05) is 0 Å². The molecule has 7 heteroatoms. The molecule has 0 bridgehead atoms. The Morgan fingerprint density at radius 3 is 0.714 bits per heavy atom. The van der Waals surface area contributed by atoms with Crippen molar-refractivity contribution in [3.63, 3.8) is 0 Å². The van der Waals surface area contributed by atoms with Gasteiger partial charge in [-0.3, -0.25) is 0 Å². The van der Waals surface area contributed by atoms with Gasteiger partial charge in [0.05, 0.1) is 0 Å². The smallest absolute Gasteiger partial charge is 0.693 e. The van der Waals surface area contributed by atoms with Crippen molar-refractivity contribution in [3.05, 3.63) is 24.6 Å². The third-order valence-corrected chi connectivity index (χ3v) is 0. The van der Waals surface area contributed by atoms with E-state index in [1.54, 1.807) is 0 Å². The van der Waals surface area contributed by atoms with Gasteiger partial charge in [-0.1, -0.05) is 0 Å². The van der Waals surface area contributed by atoms with Gasteiger partial charge in [0.15, 0.2) is 0 Å². The molecule has 0 unspecified atom stereocenters. The summed E-state index contributed by atoms with van der Waals surface area (Å²) in [5.74, 6) is 0. The molecule has 7 heavy (non-hydrogen) atoms. The zero-order valence-corrected chi connectivity index (χ0v) is 5.32. The molecule has 0 amide bonds. The molecule has 0 saturated carbocycles. The summed E-state index contributed by atoms with van der Waals surface area (Å²) in [7, 11) is 4.33. The molecule has 0 fully saturated rings. The average Bonchev–Trinajstić information content (AvgIpc) is 1.00. The van der Waals surface area contributed by atoms with E-state index in [1.807, 2.05) is 0 Å². The first kappa shape index (κ1) is 130. The Morgan fingerprint density at radius 1 is 0.714 bits per heavy atom. The van der Waals surface area contributed by atoms with E-state index in [9.17, 15) is 0 Å². The number of hydrogen-bond donors (Lipinski definition) is 0. The van der Waals surface area contributed by atoms with Crippen LogP contribution in [0.25, 0.3) is 24.6 Å². The SMILES string of the molecule is O.[Cl][Co+2].[NH2-].[NH2-].[NH2-].[NH2-]. The van der Waals surface area contributed by atoms with Crippen molar-refractivity contribution in [3.8, 4) is 0 Å². The summed E-state index contributed by atoms with van der Waals surface area (Å²) in [6.07, 6.45) is 0. The third kappa shape index (κ3) is 392. The topological polar surface area (TPSA) is 166 Å². The number of hydrogen-bond acceptors (Lipinski definition) is 0. The molecule has 0 heterocycles. The van der Waals surface area contributed by atoms with Crippen molar-refractivity contribution in [1.82, 2.24) is 0 Å². The fourth-order valence-corrected chi connectivity index (χ4v) is 0. The molecule has 5 nitrogen and oxygen atoms in total. The summed E-state index contributed by atoms with van der Waals surface area (Å²) in [6, 6.07) is 0. The predicted molar refractivity (Wildman–Crippen MR) is 30.6 cm³/mol. The Hall–Kier alpha value is 0.596. The van der Waals surface area contributed by atoms with Crippen LogP contribution in [-0.2, 0) is 14.8 Å². The van der Waals surface area contributed by atoms with Crippen LogP contribution < -0.4 is 0 Å². The van der Waals surface area contributed by atoms with E-state index in [0.717, 1.165) is 0 Å². The van der Waals surface area contributed by atoms with Gasteiger partial charge in [0.1, 0.15) is 0 Å². The number of rotatable bonds is 0. The Bertz CT molecular complexity index is 11.7. The van der Waals surface area contributed by atoms with E-state index in [2.05, 4.69) is 25.0 Å². The molecule has 0 aromatic rings. The van der Waals surface area contributed by atoms with Crippen molar-refractivity contribution < 1.29 is 20.3 Å². The minimum atomic E-state index is 0. The monoisotopic (exact) mass is 176 g/mol. The van der Waals surface area contributed by atoms with E-state index >= 15 is 0 Å². The predicted octanol–water partition coefficient (Wildman–Crippen LogP) is 2.73. The van der Waals surface area contributed by atoms with Crippen molar-refractivity contribution in [1.29, 1.82) is 0 Å². The Kier molecular flexibility index (Phi) is 10800. The zero-order valence-electron chi connectivity index (χ0n) is 3.52. The largest absolute Gasteiger partial charge is 0.693 e. The standard InChI is InChI=1S/ClH.Co.4H2N.H2O/h1H;;5*1H2/q;+3;4*-1;/p-1. The summed E-state index contributed by atoms with van der Waals surface area (Å²) in [4.78, 5) is 0. The van der Waals surface area contributed by atoms with Crippen LogP contribution in [0.2, 0.25) is 0 Å². The van der Waals surface area contributed by atoms with Gasteiger partial charge in [0.25, 0.3) is 0 Å². The molecule has 0 aliphatic heterocycles. The number of nitrogens with two attached hydrogens (primary N) is 4. The van der Waals surface area contributed by atoms with E-state index < -0.39 is 0 Å². The van der Waals surface area contributed by atoms with Crippen molar-refractivity contribution in [2.45, 2.75) is 0 Å². The van der Waals surface area contributed by atoms with Crippen LogP contribution in [0.3, 0.4) is 0 Å². The third-order valence-electron chi connectivity index (χ3n) is 0. The van der Waals surface area contributed by atoms with Crippen molar-refractivity contribution in [2.24, 2.45) is 0 Å². The molecule has 0 saturated heterocycles. The molecule has 54 valence electrons. The van der Waals surface area contributed by atoms with Crippen LogP contribution in [0.15, 0.2) is 0 Å². The summed E-state index contributed by atoms with van der Waals surface area (Å²) in [5, 5.41) is 0. The quantitative estimate of drug-likeness (QED) is 0.530. The average molecular weight is 176 g/mol. The van der Waals surface area contributed by atoms with E-state index in [0.29, 0.717) is 0 Å². The van der Waals surface area contributed by atoms with Gasteiger partial charge in [-0.2, -0.15) is 0 Å². The van der Waals surface area contributed by atoms with E-state index in [4.69, 9.17) is 0 Å². The van der Waals surface area contributed by atoms with Gasteiger partial charge >= 0.3 is 25.0 Å². The molecule has 0 radical (unpaired) electrons. The van der Waals surface area contributed by atoms with Gasteiger partial charge in [0.2, 0.25) is 0 Å². The Balaban J connectivity index is -0.000000000500. The van der Waals surface area contributed by atoms with Gasteiger partial charge in [0, 0.05) is 0 Å². The summed E-state index contributed by atoms with van der Waals surface area (Å²) >= 11 is 3.03. The Morgan fingerprint density at radius 2 is 0.714 bits per heavy atom. The second-order valence-corrected chi connectivity index (χ2v) is 0. The second kappa shape index (κ2) is 581. The maximum Gasteiger partial charge on any atom is -0.693 e. The minimum Gasteiger partial charge on any atom is -0.693 e. The first-order valence-corrected chi connectivity index (χ1v) is 1.56. The summed E-state index contributed by atoms with van der Waals surface area (Å²) < 4.78 is 0. The van der Waals surface area contributed by atoms with Gasteiger partial charge < -0.3 is 30.1 Å². The molecule has 0 rings (SSSR count). The van der Waals surface area contributed by atoms with Crippen LogP contribution in [-0.4, -0.2) is 5.48 Å². The first-order chi connectivity index (χ1) is 1.00. The van der Waals surface area contributed by atoms with Crippen LogP contribution in [0.5, 0.6) is 0 Å². The minimum absolute atomic E-state index is 0. The maximum atomic E-state index is 4.33. The van der Waals surface area contributed by atoms with E-state index in [-0.39, 0.29) is 30.1 Å². The molecular weight excluding hydrogens is 166 g/mol. The summed E-state index contributed by atoms with van der Waals surface area (Å²) in [6.45, 7) is 0. The second-order valence-electron chi connectivity index (χ2n) is 0. The van der Waals surface area contributed by atoms with Gasteiger partial charge in [-0.05, 0) is 0 Å². The van der Waals surface area contributed by atoms with Gasteiger partial charge in [-0.15, -0.1) is 0 Å². The van der Waals surface area contributed by atoms with Gasteiger partial charge in [-0.25, -0.2) is 0 Å². The van der Waals surface area contributed by atoms with Crippen LogP contribution in [0, 0.1) is 0 Å². The molecule has 0 aromatic heterocycles. The first-order valence-electron chi connectivity index (χ1n) is 0.126. The number of halogens is 1.